The molecule has 0 saturated carbocycles. The van der Waals surface area contributed by atoms with Crippen LogP contribution in [0, 0.1) is 10.1 Å². The molecule has 1 aliphatic rings. The van der Waals surface area contributed by atoms with Crippen molar-refractivity contribution in [2.45, 2.75) is 31.2 Å². The first-order valence-electron chi connectivity index (χ1n) is 7.72. The number of ether oxygens (including phenoxy) is 3. The van der Waals surface area contributed by atoms with Crippen LogP contribution in [0.5, 0.6) is 11.5 Å². The highest BCUT2D eigenvalue weighted by Gasteiger charge is 2.64. The quantitative estimate of drug-likeness (QED) is 0.422. The van der Waals surface area contributed by atoms with Gasteiger partial charge in [-0.3, -0.25) is 10.1 Å². The number of hydrogen-bond acceptors (Lipinski definition) is 6. The lowest BCUT2D eigenvalue weighted by Crippen LogP contribution is -2.50. The van der Waals surface area contributed by atoms with Crippen LogP contribution in [0.2, 0.25) is 0 Å². The van der Waals surface area contributed by atoms with E-state index in [0.717, 1.165) is 12.2 Å². The number of carbonyl (C=O) groups excluding carboxylic acids is 1. The second-order valence-corrected chi connectivity index (χ2v) is 5.68. The van der Waals surface area contributed by atoms with Gasteiger partial charge in [-0.05, 0) is 43.3 Å². The molecule has 0 aromatic heterocycles. The molecule has 0 saturated heterocycles. The average molecular weight is 387 g/mol. The van der Waals surface area contributed by atoms with Crippen LogP contribution in [-0.2, 0) is 9.53 Å². The van der Waals surface area contributed by atoms with E-state index in [4.69, 9.17) is 9.47 Å². The molecule has 0 radical (unpaired) electrons. The third kappa shape index (κ3) is 4.39. The third-order valence-electron chi connectivity index (χ3n) is 3.86. The number of methoxy groups -OCH3 is 1. The number of carbonyl (C=O) groups is 1. The number of esters is 1. The van der Waals surface area contributed by atoms with Gasteiger partial charge in [0.2, 0.25) is 0 Å². The van der Waals surface area contributed by atoms with Crippen LogP contribution < -0.4 is 9.47 Å². The van der Waals surface area contributed by atoms with Gasteiger partial charge in [-0.1, -0.05) is 0 Å². The van der Waals surface area contributed by atoms with Crippen molar-refractivity contribution in [2.75, 3.05) is 7.11 Å². The summed E-state index contributed by atoms with van der Waals surface area (Å²) in [5, 5.41) is 10.9. The molecule has 146 valence electrons. The summed E-state index contributed by atoms with van der Waals surface area (Å²) in [7, 11) is 1.23. The molecule has 2 rings (SSSR count). The van der Waals surface area contributed by atoms with Crippen LogP contribution in [0.4, 0.5) is 13.2 Å². The Kier molecular flexibility index (Phi) is 5.77. The highest BCUT2D eigenvalue weighted by atomic mass is 19.4. The molecule has 1 aromatic carbocycles. The fourth-order valence-electron chi connectivity index (χ4n) is 2.28. The molecule has 1 aromatic rings. The minimum absolute atomic E-state index is 0.0494. The molecule has 0 amide bonds. The number of benzene rings is 1. The smallest absolute Gasteiger partial charge is 0.465 e. The first-order valence-corrected chi connectivity index (χ1v) is 7.72. The fraction of sp³-hybridized carbons (Fsp3) is 0.353. The highest BCUT2D eigenvalue weighted by molar-refractivity contribution is 5.74. The summed E-state index contributed by atoms with van der Waals surface area (Å²) in [5.74, 6) is 0.141. The molecule has 0 aliphatic heterocycles. The van der Waals surface area contributed by atoms with Crippen LogP contribution in [0.1, 0.15) is 13.3 Å². The average Bonchev–Trinajstić information content (AvgIpc) is 2.62. The zero-order valence-corrected chi connectivity index (χ0v) is 14.4. The maximum absolute atomic E-state index is 13.0. The van der Waals surface area contributed by atoms with E-state index < -0.39 is 35.1 Å². The van der Waals surface area contributed by atoms with Gasteiger partial charge in [0.05, 0.1) is 13.5 Å². The minimum Gasteiger partial charge on any atom is -0.479 e. The number of rotatable bonds is 6. The largest absolute Gasteiger partial charge is 0.479 e. The van der Waals surface area contributed by atoms with Crippen LogP contribution in [0.3, 0.4) is 0 Å². The van der Waals surface area contributed by atoms with Gasteiger partial charge < -0.3 is 14.2 Å². The molecule has 2 unspecified atom stereocenters. The molecular weight excluding hydrogens is 371 g/mol. The first kappa shape index (κ1) is 20.3. The number of nitro groups is 1. The van der Waals surface area contributed by atoms with Gasteiger partial charge in [0.25, 0.3) is 0 Å². The number of allylic oxidation sites excluding steroid dienone is 1. The normalized spacial score (nSPS) is 20.4. The van der Waals surface area contributed by atoms with Gasteiger partial charge in [0, 0.05) is 11.0 Å². The van der Waals surface area contributed by atoms with Crippen LogP contribution in [-0.4, -0.2) is 35.8 Å². The SMILES string of the molecule is COC(=O)C(C)Oc1ccc(OC2=CCC([N+](=O)[O-])(C(F)(F)F)C=C2)cc1. The topological polar surface area (TPSA) is 87.9 Å². The number of hydrogen-bond donors (Lipinski definition) is 0. The van der Waals surface area contributed by atoms with Crippen molar-refractivity contribution in [1.82, 2.24) is 0 Å². The van der Waals surface area contributed by atoms with Gasteiger partial charge in [0.15, 0.2) is 6.10 Å². The maximum Gasteiger partial charge on any atom is 0.465 e. The van der Waals surface area contributed by atoms with Crippen molar-refractivity contribution in [3.8, 4) is 11.5 Å². The summed E-state index contributed by atoms with van der Waals surface area (Å²) in [4.78, 5) is 20.8. The Morgan fingerprint density at radius 1 is 1.26 bits per heavy atom. The highest BCUT2D eigenvalue weighted by Crippen LogP contribution is 2.40. The molecule has 0 N–H and O–H groups in total. The Labute approximate surface area is 152 Å². The number of halogens is 3. The van der Waals surface area contributed by atoms with E-state index in [1.165, 1.54) is 38.3 Å². The molecule has 27 heavy (non-hydrogen) atoms. The molecule has 10 heteroatoms. The Morgan fingerprint density at radius 3 is 2.30 bits per heavy atom. The van der Waals surface area contributed by atoms with E-state index in [9.17, 15) is 28.1 Å². The van der Waals surface area contributed by atoms with Crippen molar-refractivity contribution >= 4 is 5.97 Å². The second kappa shape index (κ2) is 7.68. The van der Waals surface area contributed by atoms with Crippen LogP contribution >= 0.6 is 0 Å². The van der Waals surface area contributed by atoms with Crippen molar-refractivity contribution in [3.05, 3.63) is 58.4 Å². The van der Waals surface area contributed by atoms with Crippen LogP contribution in [0.25, 0.3) is 0 Å². The van der Waals surface area contributed by atoms with E-state index in [2.05, 4.69) is 4.74 Å². The van der Waals surface area contributed by atoms with E-state index in [1.54, 1.807) is 0 Å². The monoisotopic (exact) mass is 387 g/mol. The molecule has 7 nitrogen and oxygen atoms in total. The predicted octanol–water partition coefficient (Wildman–Crippen LogP) is 3.43. The second-order valence-electron chi connectivity index (χ2n) is 5.68. The molecule has 0 heterocycles. The number of alkyl halides is 3. The summed E-state index contributed by atoms with van der Waals surface area (Å²) < 4.78 is 54.4. The molecule has 0 fully saturated rings. The summed E-state index contributed by atoms with van der Waals surface area (Å²) in [6.45, 7) is 1.51. The molecule has 0 spiro atoms. The summed E-state index contributed by atoms with van der Waals surface area (Å²) in [6.07, 6.45) is -4.29. The van der Waals surface area contributed by atoms with E-state index >= 15 is 0 Å². The van der Waals surface area contributed by atoms with Gasteiger partial charge in [-0.2, -0.15) is 13.2 Å². The van der Waals surface area contributed by atoms with Crippen molar-refractivity contribution in [2.24, 2.45) is 0 Å². The van der Waals surface area contributed by atoms with Gasteiger partial charge >= 0.3 is 17.7 Å². The summed E-state index contributed by atoms with van der Waals surface area (Å²) in [5.41, 5.74) is -3.15. The Bertz CT molecular complexity index is 772. The zero-order chi connectivity index (χ0) is 20.2. The standard InChI is InChI=1S/C17H16F3NO6/c1-11(15(22)25-2)26-12-3-5-13(6-4-12)27-14-7-9-16(10-8-14,21(23)24)17(18,19)20/h3-9,11H,10H2,1-2H3. The Morgan fingerprint density at radius 2 is 1.85 bits per heavy atom. The van der Waals surface area contributed by atoms with Gasteiger partial charge in [-0.15, -0.1) is 0 Å². The fourth-order valence-corrected chi connectivity index (χ4v) is 2.28. The number of nitrogens with zero attached hydrogens (tertiary/aromatic N) is 1. The van der Waals surface area contributed by atoms with Crippen molar-refractivity contribution in [1.29, 1.82) is 0 Å². The lowest BCUT2D eigenvalue weighted by atomic mass is 9.91. The lowest BCUT2D eigenvalue weighted by Gasteiger charge is -2.25. The minimum atomic E-state index is -5.02. The van der Waals surface area contributed by atoms with Gasteiger partial charge in [0.1, 0.15) is 17.3 Å². The molecule has 0 bridgehead atoms. The van der Waals surface area contributed by atoms with E-state index in [-0.39, 0.29) is 11.5 Å². The van der Waals surface area contributed by atoms with Crippen molar-refractivity contribution in [3.63, 3.8) is 0 Å². The first-order chi connectivity index (χ1) is 12.6. The summed E-state index contributed by atoms with van der Waals surface area (Å²) in [6, 6.07) is 5.96. The van der Waals surface area contributed by atoms with Crippen LogP contribution in [0.15, 0.2) is 48.3 Å². The maximum atomic E-state index is 13.0. The third-order valence-corrected chi connectivity index (χ3v) is 3.86. The Hall–Kier alpha value is -3.04. The van der Waals surface area contributed by atoms with E-state index in [0.29, 0.717) is 11.8 Å². The molecule has 1 aliphatic carbocycles. The molecule has 2 atom stereocenters. The summed E-state index contributed by atoms with van der Waals surface area (Å²) >= 11 is 0. The lowest BCUT2D eigenvalue weighted by molar-refractivity contribution is -0.596. The molecular formula is C17H16F3NO6. The zero-order valence-electron chi connectivity index (χ0n) is 14.4. The Balaban J connectivity index is 2.04. The van der Waals surface area contributed by atoms with Gasteiger partial charge in [-0.25, -0.2) is 4.79 Å². The predicted molar refractivity (Wildman–Crippen MR) is 86.8 cm³/mol. The van der Waals surface area contributed by atoms with E-state index in [1.807, 2.05) is 0 Å². The van der Waals surface area contributed by atoms with Crippen molar-refractivity contribution < 1.29 is 37.1 Å².